The second-order valence-electron chi connectivity index (χ2n) is 2.36. The first-order valence-corrected chi connectivity index (χ1v) is 4.32. The van der Waals surface area contributed by atoms with Gasteiger partial charge in [0.2, 0.25) is 0 Å². The molecule has 0 aromatic carbocycles. The van der Waals surface area contributed by atoms with Gasteiger partial charge in [-0.2, -0.15) is 0 Å². The highest BCUT2D eigenvalue weighted by Gasteiger charge is 1.98. The molecule has 0 aromatic rings. The average Bonchev–Trinajstić information content (AvgIpc) is 2.05. The first-order valence-electron chi connectivity index (χ1n) is 3.96. The SMILES string of the molecule is Cl.Cl.NCCCCCOC(=O)CN=S. The summed E-state index contributed by atoms with van der Waals surface area (Å²) in [5.74, 6) is -0.349. The van der Waals surface area contributed by atoms with Crippen LogP contribution in [0, 0.1) is 0 Å². The summed E-state index contributed by atoms with van der Waals surface area (Å²) < 4.78 is 8.03. The van der Waals surface area contributed by atoms with Crippen molar-refractivity contribution < 1.29 is 9.53 Å². The maximum absolute atomic E-state index is 10.7. The third-order valence-corrected chi connectivity index (χ3v) is 1.43. The third kappa shape index (κ3) is 14.5. The van der Waals surface area contributed by atoms with Crippen LogP contribution in [0.4, 0.5) is 0 Å². The average molecular weight is 263 g/mol. The van der Waals surface area contributed by atoms with Crippen molar-refractivity contribution in [3.8, 4) is 0 Å². The van der Waals surface area contributed by atoms with Crippen molar-refractivity contribution in [2.75, 3.05) is 19.7 Å². The second kappa shape index (κ2) is 15.5. The number of halogens is 2. The number of carbonyl (C=O) groups is 1. The van der Waals surface area contributed by atoms with Gasteiger partial charge in [0.05, 0.1) is 6.61 Å². The van der Waals surface area contributed by atoms with E-state index in [1.54, 1.807) is 0 Å². The molecule has 0 saturated carbocycles. The Morgan fingerprint density at radius 1 is 1.29 bits per heavy atom. The number of hydrogen-bond donors (Lipinski definition) is 1. The van der Waals surface area contributed by atoms with Crippen molar-refractivity contribution >= 4 is 43.2 Å². The number of rotatable bonds is 7. The maximum Gasteiger partial charge on any atom is 0.328 e. The summed E-state index contributed by atoms with van der Waals surface area (Å²) >= 11 is 4.26. The Morgan fingerprint density at radius 2 is 1.93 bits per heavy atom. The normalized spacial score (nSPS) is 8.07. The van der Waals surface area contributed by atoms with Crippen LogP contribution in [0.3, 0.4) is 0 Å². The molecule has 0 aromatic heterocycles. The van der Waals surface area contributed by atoms with Crippen LogP contribution in [-0.2, 0) is 22.0 Å². The number of nitrogens with two attached hydrogens (primary N) is 1. The Morgan fingerprint density at radius 3 is 2.43 bits per heavy atom. The zero-order valence-corrected chi connectivity index (χ0v) is 10.3. The van der Waals surface area contributed by atoms with Crippen molar-refractivity contribution in [2.24, 2.45) is 10.1 Å². The summed E-state index contributed by atoms with van der Waals surface area (Å²) in [7, 11) is 0. The Balaban J connectivity index is -0.000000605. The summed E-state index contributed by atoms with van der Waals surface area (Å²) in [4.78, 5) is 10.7. The molecule has 0 aliphatic heterocycles. The molecule has 86 valence electrons. The van der Waals surface area contributed by atoms with E-state index in [9.17, 15) is 4.79 Å². The van der Waals surface area contributed by atoms with E-state index in [4.69, 9.17) is 10.5 Å². The Kier molecular flexibility index (Phi) is 21.7. The van der Waals surface area contributed by atoms with E-state index in [1.807, 2.05) is 0 Å². The summed E-state index contributed by atoms with van der Waals surface area (Å²) in [6.45, 7) is 1.12. The van der Waals surface area contributed by atoms with Gasteiger partial charge in [-0.1, -0.05) is 0 Å². The second-order valence-corrected chi connectivity index (χ2v) is 2.62. The molecular weight excluding hydrogens is 247 g/mol. The van der Waals surface area contributed by atoms with E-state index in [2.05, 4.69) is 16.8 Å². The zero-order valence-electron chi connectivity index (χ0n) is 7.81. The molecule has 0 rings (SSSR count). The lowest BCUT2D eigenvalue weighted by molar-refractivity contribution is -0.141. The van der Waals surface area contributed by atoms with E-state index < -0.39 is 0 Å². The number of nitrogens with zero attached hydrogens (tertiary/aromatic N) is 1. The monoisotopic (exact) mass is 262 g/mol. The van der Waals surface area contributed by atoms with Gasteiger partial charge in [0, 0.05) is 12.4 Å². The molecule has 2 N–H and O–H groups in total. The van der Waals surface area contributed by atoms with Crippen LogP contribution >= 0.6 is 24.8 Å². The molecule has 0 radical (unpaired) electrons. The summed E-state index contributed by atoms with van der Waals surface area (Å²) in [5.41, 5.74) is 5.28. The topological polar surface area (TPSA) is 64.7 Å². The van der Waals surface area contributed by atoms with Crippen LogP contribution in [0.2, 0.25) is 0 Å². The van der Waals surface area contributed by atoms with Crippen molar-refractivity contribution in [1.82, 2.24) is 0 Å². The summed E-state index contributed by atoms with van der Waals surface area (Å²) in [6, 6.07) is 0. The lowest BCUT2D eigenvalue weighted by Gasteiger charge is -2.01. The highest BCUT2D eigenvalue weighted by Crippen LogP contribution is 1.94. The lowest BCUT2D eigenvalue weighted by atomic mass is 10.2. The van der Waals surface area contributed by atoms with Gasteiger partial charge in [-0.15, -0.1) is 24.8 Å². The van der Waals surface area contributed by atoms with Crippen LogP contribution in [0.5, 0.6) is 0 Å². The smallest absolute Gasteiger partial charge is 0.328 e. The van der Waals surface area contributed by atoms with Crippen LogP contribution in [-0.4, -0.2) is 25.7 Å². The number of unbranched alkanes of at least 4 members (excludes halogenated alkanes) is 2. The summed E-state index contributed by atoms with van der Waals surface area (Å²) in [6.07, 6.45) is 2.83. The molecule has 7 heteroatoms. The minimum atomic E-state index is -0.349. The molecule has 0 heterocycles. The highest BCUT2D eigenvalue weighted by atomic mass is 35.5. The molecule has 0 spiro atoms. The van der Waals surface area contributed by atoms with Crippen LogP contribution in [0.15, 0.2) is 4.36 Å². The van der Waals surface area contributed by atoms with Crippen LogP contribution in [0.25, 0.3) is 0 Å². The molecular formula is C7H16Cl2N2O2S. The fourth-order valence-corrected chi connectivity index (χ4v) is 0.813. The first kappa shape index (κ1) is 19.6. The molecule has 14 heavy (non-hydrogen) atoms. The quantitative estimate of drug-likeness (QED) is 0.554. The molecule has 0 atom stereocenters. The molecule has 0 aliphatic rings. The number of ether oxygens (including phenoxy) is 1. The molecule has 0 saturated heterocycles. The van der Waals surface area contributed by atoms with Gasteiger partial charge in [0.25, 0.3) is 0 Å². The molecule has 0 aliphatic carbocycles. The van der Waals surface area contributed by atoms with Crippen molar-refractivity contribution in [3.63, 3.8) is 0 Å². The molecule has 0 unspecified atom stereocenters. The summed E-state index contributed by atoms with van der Waals surface area (Å²) in [5, 5.41) is 0. The van der Waals surface area contributed by atoms with Crippen LogP contribution in [0.1, 0.15) is 19.3 Å². The fourth-order valence-electron chi connectivity index (χ4n) is 0.708. The Labute approximate surface area is 102 Å². The van der Waals surface area contributed by atoms with Gasteiger partial charge in [-0.3, -0.25) is 4.79 Å². The third-order valence-electron chi connectivity index (χ3n) is 1.31. The van der Waals surface area contributed by atoms with E-state index in [1.165, 1.54) is 0 Å². The van der Waals surface area contributed by atoms with Crippen molar-refractivity contribution in [2.45, 2.75) is 19.3 Å². The van der Waals surface area contributed by atoms with Gasteiger partial charge >= 0.3 is 5.97 Å². The van der Waals surface area contributed by atoms with Gasteiger partial charge in [-0.05, 0) is 25.8 Å². The maximum atomic E-state index is 10.7. The van der Waals surface area contributed by atoms with E-state index in [0.717, 1.165) is 19.3 Å². The van der Waals surface area contributed by atoms with Crippen molar-refractivity contribution in [1.29, 1.82) is 0 Å². The fraction of sp³-hybridized carbons (Fsp3) is 0.857. The molecule has 0 bridgehead atoms. The van der Waals surface area contributed by atoms with Gasteiger partial charge in [0.1, 0.15) is 6.54 Å². The van der Waals surface area contributed by atoms with Crippen LogP contribution < -0.4 is 5.73 Å². The minimum Gasteiger partial charge on any atom is -0.464 e. The lowest BCUT2D eigenvalue weighted by Crippen LogP contribution is -2.09. The zero-order chi connectivity index (χ0) is 9.23. The Bertz CT molecular complexity index is 150. The molecule has 0 amide bonds. The predicted octanol–water partition coefficient (Wildman–Crippen LogP) is 1.23. The minimum absolute atomic E-state index is 0. The molecule has 0 fully saturated rings. The largest absolute Gasteiger partial charge is 0.464 e. The van der Waals surface area contributed by atoms with E-state index >= 15 is 0 Å². The van der Waals surface area contributed by atoms with Gasteiger partial charge in [-0.25, -0.2) is 4.36 Å². The van der Waals surface area contributed by atoms with E-state index in [-0.39, 0.29) is 37.3 Å². The van der Waals surface area contributed by atoms with E-state index in [0.29, 0.717) is 13.2 Å². The Hall–Kier alpha value is 0.0300. The first-order chi connectivity index (χ1) is 5.81. The predicted molar refractivity (Wildman–Crippen MR) is 63.0 cm³/mol. The number of carbonyl (C=O) groups excluding carboxylic acids is 1. The van der Waals surface area contributed by atoms with Gasteiger partial charge in [0.15, 0.2) is 0 Å². The van der Waals surface area contributed by atoms with Gasteiger partial charge < -0.3 is 10.5 Å². The molecule has 4 nitrogen and oxygen atoms in total. The standard InChI is InChI=1S/C7H14N2O2S.2ClH/c8-4-2-1-3-5-11-7(10)6-9-12;;/h1-6,8H2;2*1H. The number of esters is 1. The van der Waals surface area contributed by atoms with Crippen molar-refractivity contribution in [3.05, 3.63) is 0 Å². The highest BCUT2D eigenvalue weighted by molar-refractivity contribution is 7.47. The number of hydrogen-bond acceptors (Lipinski definition) is 5.